The third-order valence-electron chi connectivity index (χ3n) is 8.59. The van der Waals surface area contributed by atoms with E-state index in [0.717, 1.165) is 33.2 Å². The minimum Gasteiger partial charge on any atom is -0.465 e. The second kappa shape index (κ2) is 13.2. The molecule has 46 heavy (non-hydrogen) atoms. The summed E-state index contributed by atoms with van der Waals surface area (Å²) in [6.45, 7) is 7.04. The number of hydrogen-bond acceptors (Lipinski definition) is 8. The van der Waals surface area contributed by atoms with Gasteiger partial charge < -0.3 is 15.0 Å². The molecule has 0 unspecified atom stereocenters. The van der Waals surface area contributed by atoms with Gasteiger partial charge in [0.15, 0.2) is 5.82 Å². The summed E-state index contributed by atoms with van der Waals surface area (Å²) in [5, 5.41) is 13.5. The van der Waals surface area contributed by atoms with Crippen molar-refractivity contribution in [2.75, 3.05) is 25.5 Å². The minimum atomic E-state index is -0.546. The van der Waals surface area contributed by atoms with Gasteiger partial charge in [0, 0.05) is 49.3 Å². The maximum atomic E-state index is 13.8. The van der Waals surface area contributed by atoms with Crippen LogP contribution in [0.15, 0.2) is 47.5 Å². The average molecular weight is 771 g/mol. The van der Waals surface area contributed by atoms with Gasteiger partial charge in [-0.3, -0.25) is 19.1 Å². The number of carbonyl (C=O) groups excluding carboxylic acids is 3. The molecule has 1 atom stereocenters. The molecule has 1 fully saturated rings. The molecular weight excluding hydrogens is 739 g/mol. The van der Waals surface area contributed by atoms with Gasteiger partial charge in [0.05, 0.1) is 24.8 Å². The zero-order chi connectivity index (χ0) is 32.7. The number of likely N-dealkylation sites (tertiary alicyclic amines) is 1. The van der Waals surface area contributed by atoms with Gasteiger partial charge in [0.25, 0.3) is 0 Å². The highest BCUT2D eigenvalue weighted by Crippen LogP contribution is 2.40. The van der Waals surface area contributed by atoms with Crippen LogP contribution in [0.4, 0.5) is 5.69 Å². The molecule has 238 valence electrons. The van der Waals surface area contributed by atoms with Crippen molar-refractivity contribution in [2.45, 2.75) is 46.1 Å². The molecule has 4 heterocycles. The summed E-state index contributed by atoms with van der Waals surface area (Å²) in [6.07, 6.45) is 1.22. The van der Waals surface area contributed by atoms with E-state index in [2.05, 4.69) is 52.0 Å². The van der Waals surface area contributed by atoms with Crippen LogP contribution < -0.4 is 5.32 Å². The maximum Gasteiger partial charge on any atom is 0.338 e. The van der Waals surface area contributed by atoms with Crippen molar-refractivity contribution in [1.82, 2.24) is 19.7 Å². The third-order valence-corrected chi connectivity index (χ3v) is 10.9. The van der Waals surface area contributed by atoms with Gasteiger partial charge in [-0.15, -0.1) is 21.5 Å². The number of amides is 2. The summed E-state index contributed by atoms with van der Waals surface area (Å²) < 4.78 is 7.53. The van der Waals surface area contributed by atoms with E-state index in [1.807, 2.05) is 40.7 Å². The first-order valence-corrected chi connectivity index (χ1v) is 17.2. The average Bonchev–Trinajstić information content (AvgIpc) is 3.52. The lowest BCUT2D eigenvalue weighted by atomic mass is 9.95. The van der Waals surface area contributed by atoms with E-state index in [1.165, 1.54) is 12.0 Å². The van der Waals surface area contributed by atoms with E-state index in [9.17, 15) is 14.4 Å². The van der Waals surface area contributed by atoms with Gasteiger partial charge in [-0.25, -0.2) is 4.79 Å². The van der Waals surface area contributed by atoms with Crippen LogP contribution in [-0.4, -0.2) is 63.4 Å². The number of ether oxygens (including phenoxy) is 1. The summed E-state index contributed by atoms with van der Waals surface area (Å²) in [7, 11) is 1.33. The number of aliphatic imine (C=N–C) groups is 1. The number of nitrogens with zero attached hydrogens (tertiary/aromatic N) is 5. The Morgan fingerprint density at radius 1 is 1.07 bits per heavy atom. The predicted octanol–water partition coefficient (Wildman–Crippen LogP) is 6.46. The number of aromatic nitrogens is 3. The zero-order valence-electron chi connectivity index (χ0n) is 25.8. The van der Waals surface area contributed by atoms with Crippen molar-refractivity contribution in [3.63, 3.8) is 0 Å². The van der Waals surface area contributed by atoms with Crippen LogP contribution in [0, 0.1) is 30.3 Å². The van der Waals surface area contributed by atoms with E-state index < -0.39 is 12.0 Å². The number of aryl methyl sites for hydroxylation is 2. The van der Waals surface area contributed by atoms with Crippen LogP contribution in [0.1, 0.15) is 68.9 Å². The van der Waals surface area contributed by atoms with Gasteiger partial charge in [-0.05, 0) is 92.1 Å². The first-order chi connectivity index (χ1) is 22.0. The first kappa shape index (κ1) is 32.3. The van der Waals surface area contributed by atoms with Crippen molar-refractivity contribution in [2.24, 2.45) is 10.9 Å². The predicted molar refractivity (Wildman–Crippen MR) is 186 cm³/mol. The Kier molecular flexibility index (Phi) is 9.31. The summed E-state index contributed by atoms with van der Waals surface area (Å²) in [5.74, 6) is 0.578. The normalized spacial score (nSPS) is 16.3. The van der Waals surface area contributed by atoms with Gasteiger partial charge >= 0.3 is 5.97 Å². The molecule has 2 aromatic carbocycles. The lowest BCUT2D eigenvalue weighted by molar-refractivity contribution is -0.134. The standard InChI is InChI=1S/C33H32ClIN6O4S/c1-17-18(2)46-32-28(17)29(20-5-7-22(34)8-6-20)37-26(30-39-38-19(3)41(30)32)16-27(42)40-13-11-21(12-14-40)31(43)36-23-9-10-24(25(35)15-23)33(44)45-4/h5-10,15,21,26H,11-14,16H2,1-4H3,(H,36,43)/t26-/m0/s1. The van der Waals surface area contributed by atoms with E-state index in [1.54, 1.807) is 29.5 Å². The van der Waals surface area contributed by atoms with Crippen LogP contribution in [-0.2, 0) is 14.3 Å². The number of nitrogens with one attached hydrogen (secondary N) is 1. The van der Waals surface area contributed by atoms with Crippen molar-refractivity contribution < 1.29 is 19.1 Å². The number of piperidine rings is 1. The molecule has 0 saturated carbocycles. The Labute approximate surface area is 289 Å². The molecule has 2 amide bonds. The molecule has 2 aliphatic heterocycles. The number of thiophene rings is 1. The zero-order valence-corrected chi connectivity index (χ0v) is 29.5. The monoisotopic (exact) mass is 770 g/mol. The molecular formula is C33H32ClIN6O4S. The molecule has 4 aromatic rings. The van der Waals surface area contributed by atoms with Crippen LogP contribution in [0.2, 0.25) is 5.02 Å². The highest BCUT2D eigenvalue weighted by atomic mass is 127. The molecule has 6 rings (SSSR count). The van der Waals surface area contributed by atoms with Crippen LogP contribution in [0.3, 0.4) is 0 Å². The number of rotatable bonds is 6. The van der Waals surface area contributed by atoms with Gasteiger partial charge in [0.2, 0.25) is 11.8 Å². The first-order valence-electron chi connectivity index (χ1n) is 14.9. The van der Waals surface area contributed by atoms with Crippen LogP contribution in [0.5, 0.6) is 0 Å². The lowest BCUT2D eigenvalue weighted by Gasteiger charge is -2.32. The van der Waals surface area contributed by atoms with Crippen molar-refractivity contribution >= 4 is 74.7 Å². The highest BCUT2D eigenvalue weighted by Gasteiger charge is 2.34. The van der Waals surface area contributed by atoms with E-state index in [0.29, 0.717) is 51.6 Å². The number of esters is 1. The Balaban J connectivity index is 1.19. The smallest absolute Gasteiger partial charge is 0.338 e. The largest absolute Gasteiger partial charge is 0.465 e. The summed E-state index contributed by atoms with van der Waals surface area (Å²) in [4.78, 5) is 47.0. The second-order valence-corrected chi connectivity index (χ2v) is 14.2. The summed E-state index contributed by atoms with van der Waals surface area (Å²) in [5.41, 5.74) is 4.93. The fraction of sp³-hybridized carbons (Fsp3) is 0.333. The molecule has 2 aromatic heterocycles. The fourth-order valence-electron chi connectivity index (χ4n) is 5.93. The molecule has 1 N–H and O–H groups in total. The third kappa shape index (κ3) is 6.21. The fourth-order valence-corrected chi connectivity index (χ4v) is 8.01. The Morgan fingerprint density at radius 3 is 2.46 bits per heavy atom. The number of anilines is 1. The molecule has 2 aliphatic rings. The number of methoxy groups -OCH3 is 1. The second-order valence-electron chi connectivity index (χ2n) is 11.4. The number of hydrogen-bond donors (Lipinski definition) is 1. The molecule has 10 nitrogen and oxygen atoms in total. The number of fused-ring (bicyclic) bond motifs is 3. The topological polar surface area (TPSA) is 119 Å². The maximum absolute atomic E-state index is 13.8. The van der Waals surface area contributed by atoms with Crippen LogP contribution in [0.25, 0.3) is 5.00 Å². The summed E-state index contributed by atoms with van der Waals surface area (Å²) in [6, 6.07) is 12.2. The molecule has 0 spiro atoms. The highest BCUT2D eigenvalue weighted by molar-refractivity contribution is 14.1. The van der Waals surface area contributed by atoms with Gasteiger partial charge in [-0.1, -0.05) is 23.7 Å². The molecule has 1 saturated heterocycles. The quantitative estimate of drug-likeness (QED) is 0.178. The SMILES string of the molecule is COC(=O)c1ccc(NC(=O)C2CCN(C(=O)C[C@@H]3N=C(c4ccc(Cl)cc4)c4c(sc(C)c4C)-n4c(C)nnc43)CC2)cc1I. The van der Waals surface area contributed by atoms with Crippen molar-refractivity contribution in [3.8, 4) is 5.00 Å². The Hall–Kier alpha value is -3.62. The number of carbonyl (C=O) groups is 3. The molecule has 0 bridgehead atoms. The Morgan fingerprint density at radius 2 is 1.78 bits per heavy atom. The van der Waals surface area contributed by atoms with Crippen LogP contribution >= 0.6 is 45.5 Å². The van der Waals surface area contributed by atoms with Crippen molar-refractivity contribution in [3.05, 3.63) is 89.8 Å². The number of halogens is 2. The molecule has 0 aliphatic carbocycles. The van der Waals surface area contributed by atoms with E-state index in [-0.39, 0.29) is 24.2 Å². The molecule has 0 radical (unpaired) electrons. The minimum absolute atomic E-state index is 0.0404. The Bertz CT molecular complexity index is 1880. The van der Waals surface area contributed by atoms with E-state index in [4.69, 9.17) is 21.3 Å². The van der Waals surface area contributed by atoms with Gasteiger partial charge in [0.1, 0.15) is 16.9 Å². The van der Waals surface area contributed by atoms with E-state index >= 15 is 0 Å². The van der Waals surface area contributed by atoms with Crippen molar-refractivity contribution in [1.29, 1.82) is 0 Å². The lowest BCUT2D eigenvalue weighted by Crippen LogP contribution is -2.41. The summed E-state index contributed by atoms with van der Waals surface area (Å²) >= 11 is 9.95. The number of benzene rings is 2. The van der Waals surface area contributed by atoms with Gasteiger partial charge in [-0.2, -0.15) is 0 Å². The molecule has 13 heteroatoms.